The Bertz CT molecular complexity index is 632. The summed E-state index contributed by atoms with van der Waals surface area (Å²) in [4.78, 5) is 37.3. The number of pyridine rings is 1. The second-order valence-corrected chi connectivity index (χ2v) is 6.85. The van der Waals surface area contributed by atoms with Gasteiger partial charge in [-0.05, 0) is 37.8 Å². The summed E-state index contributed by atoms with van der Waals surface area (Å²) in [5.41, 5.74) is 0.412. The fraction of sp³-hybridized carbons (Fsp3) is 0.611. The van der Waals surface area contributed by atoms with E-state index in [9.17, 15) is 9.59 Å². The first-order valence-electron chi connectivity index (χ1n) is 9.02. The second-order valence-electron chi connectivity index (χ2n) is 6.85. The Morgan fingerprint density at radius 3 is 2.88 bits per heavy atom. The minimum Gasteiger partial charge on any atom is -0.376 e. The van der Waals surface area contributed by atoms with Crippen molar-refractivity contribution in [3.63, 3.8) is 0 Å². The molecule has 0 aliphatic carbocycles. The van der Waals surface area contributed by atoms with Gasteiger partial charge in [0, 0.05) is 25.9 Å². The zero-order valence-electron chi connectivity index (χ0n) is 14.2. The number of hydrogen-bond acceptors (Lipinski definition) is 5. The van der Waals surface area contributed by atoms with Crippen molar-refractivity contribution >= 4 is 11.8 Å². The van der Waals surface area contributed by atoms with Crippen LogP contribution in [0.3, 0.4) is 0 Å². The molecular weight excluding hydrogens is 322 g/mol. The summed E-state index contributed by atoms with van der Waals surface area (Å²) >= 11 is 0. The zero-order valence-corrected chi connectivity index (χ0v) is 14.2. The van der Waals surface area contributed by atoms with Crippen LogP contribution in [0.15, 0.2) is 24.4 Å². The van der Waals surface area contributed by atoms with Gasteiger partial charge in [0.2, 0.25) is 0 Å². The number of nitrogens with zero attached hydrogens (tertiary/aromatic N) is 3. The molecule has 7 heteroatoms. The molecule has 0 aromatic carbocycles. The lowest BCUT2D eigenvalue weighted by Gasteiger charge is -2.41. The van der Waals surface area contributed by atoms with Gasteiger partial charge < -0.3 is 9.64 Å². The molecule has 3 fully saturated rings. The number of hydrogen-bond donors (Lipinski definition) is 0. The summed E-state index contributed by atoms with van der Waals surface area (Å²) in [7, 11) is 0. The number of carbonyl (C=O) groups is 2. The Morgan fingerprint density at radius 2 is 2.12 bits per heavy atom. The number of fused-ring (bicyclic) bond motifs is 1. The Hall–Kier alpha value is -1.99. The number of rotatable bonds is 2. The summed E-state index contributed by atoms with van der Waals surface area (Å²) in [6.07, 6.45) is 4.92. The van der Waals surface area contributed by atoms with E-state index in [1.165, 1.54) is 5.06 Å². The third-order valence-corrected chi connectivity index (χ3v) is 5.25. The van der Waals surface area contributed by atoms with Gasteiger partial charge >= 0.3 is 0 Å². The van der Waals surface area contributed by atoms with Gasteiger partial charge in [-0.2, -0.15) is 0 Å². The van der Waals surface area contributed by atoms with E-state index in [0.717, 1.165) is 19.3 Å². The number of likely N-dealkylation sites (tertiary alicyclic amines) is 1. The van der Waals surface area contributed by atoms with E-state index in [0.29, 0.717) is 38.4 Å². The summed E-state index contributed by atoms with van der Waals surface area (Å²) < 4.78 is 5.82. The highest BCUT2D eigenvalue weighted by Crippen LogP contribution is 2.33. The van der Waals surface area contributed by atoms with Gasteiger partial charge in [0.1, 0.15) is 5.69 Å². The van der Waals surface area contributed by atoms with E-state index >= 15 is 0 Å². The molecule has 0 radical (unpaired) electrons. The molecule has 0 unspecified atom stereocenters. The fourth-order valence-electron chi connectivity index (χ4n) is 3.97. The molecule has 3 atom stereocenters. The van der Waals surface area contributed by atoms with E-state index in [2.05, 4.69) is 4.98 Å². The van der Waals surface area contributed by atoms with Crippen LogP contribution in [0.4, 0.5) is 0 Å². The van der Waals surface area contributed by atoms with E-state index in [4.69, 9.17) is 9.57 Å². The molecule has 2 amide bonds. The maximum absolute atomic E-state index is 12.9. The second kappa shape index (κ2) is 7.09. The predicted molar refractivity (Wildman–Crippen MR) is 88.4 cm³/mol. The van der Waals surface area contributed by atoms with Crippen molar-refractivity contribution in [2.75, 3.05) is 26.3 Å². The molecule has 4 heterocycles. The average Bonchev–Trinajstić information content (AvgIpc) is 3.16. The van der Waals surface area contributed by atoms with Gasteiger partial charge in [0.15, 0.2) is 0 Å². The SMILES string of the molecule is O=C([C@H]1C[C@H]2OCC[C@H]2N(C(=O)c2ccccn2)C1)N1CCCCO1. The number of aromatic nitrogens is 1. The van der Waals surface area contributed by atoms with Crippen LogP contribution in [-0.4, -0.2) is 65.2 Å². The highest BCUT2D eigenvalue weighted by molar-refractivity contribution is 5.93. The first-order chi connectivity index (χ1) is 12.2. The van der Waals surface area contributed by atoms with Crippen molar-refractivity contribution in [3.8, 4) is 0 Å². The van der Waals surface area contributed by atoms with Crippen molar-refractivity contribution in [1.82, 2.24) is 14.9 Å². The first-order valence-corrected chi connectivity index (χ1v) is 9.02. The van der Waals surface area contributed by atoms with Crippen LogP contribution in [0.1, 0.15) is 36.2 Å². The van der Waals surface area contributed by atoms with Crippen molar-refractivity contribution in [2.45, 2.75) is 37.8 Å². The summed E-state index contributed by atoms with van der Waals surface area (Å²) in [6.45, 7) is 2.23. The van der Waals surface area contributed by atoms with Crippen LogP contribution >= 0.6 is 0 Å². The van der Waals surface area contributed by atoms with Crippen molar-refractivity contribution in [1.29, 1.82) is 0 Å². The Morgan fingerprint density at radius 1 is 1.20 bits per heavy atom. The van der Waals surface area contributed by atoms with E-state index in [-0.39, 0.29) is 29.9 Å². The minimum absolute atomic E-state index is 0.0285. The molecule has 7 nitrogen and oxygen atoms in total. The molecule has 3 saturated heterocycles. The lowest BCUT2D eigenvalue weighted by molar-refractivity contribution is -0.203. The molecule has 4 rings (SSSR count). The molecule has 1 aromatic rings. The number of carbonyl (C=O) groups excluding carboxylic acids is 2. The first kappa shape index (κ1) is 16.5. The molecule has 25 heavy (non-hydrogen) atoms. The highest BCUT2D eigenvalue weighted by atomic mass is 16.7. The largest absolute Gasteiger partial charge is 0.376 e. The van der Waals surface area contributed by atoms with E-state index in [1.54, 1.807) is 29.3 Å². The van der Waals surface area contributed by atoms with E-state index < -0.39 is 0 Å². The van der Waals surface area contributed by atoms with Crippen molar-refractivity contribution in [2.24, 2.45) is 5.92 Å². The minimum atomic E-state index is -0.287. The number of ether oxygens (including phenoxy) is 1. The smallest absolute Gasteiger partial charge is 0.272 e. The number of piperidine rings is 1. The lowest BCUT2D eigenvalue weighted by atomic mass is 9.89. The van der Waals surface area contributed by atoms with Crippen LogP contribution in [0.2, 0.25) is 0 Å². The van der Waals surface area contributed by atoms with Gasteiger partial charge in [-0.3, -0.25) is 19.4 Å². The quantitative estimate of drug-likeness (QED) is 0.807. The summed E-state index contributed by atoms with van der Waals surface area (Å²) in [6, 6.07) is 5.33. The third kappa shape index (κ3) is 3.26. The highest BCUT2D eigenvalue weighted by Gasteiger charge is 2.45. The monoisotopic (exact) mass is 345 g/mol. The average molecular weight is 345 g/mol. The normalized spacial score (nSPS) is 29.4. The number of hydroxylamine groups is 2. The molecule has 3 aliphatic rings. The maximum Gasteiger partial charge on any atom is 0.272 e. The topological polar surface area (TPSA) is 72.0 Å². The van der Waals surface area contributed by atoms with Crippen LogP contribution in [0.5, 0.6) is 0 Å². The molecule has 0 spiro atoms. The van der Waals surface area contributed by atoms with E-state index in [1.807, 2.05) is 0 Å². The Kier molecular flexibility index (Phi) is 4.67. The van der Waals surface area contributed by atoms with Gasteiger partial charge in [0.25, 0.3) is 11.8 Å². The molecule has 1 aromatic heterocycles. The Balaban J connectivity index is 1.53. The molecule has 3 aliphatic heterocycles. The maximum atomic E-state index is 12.9. The van der Waals surface area contributed by atoms with Crippen molar-refractivity contribution < 1.29 is 19.2 Å². The fourth-order valence-corrected chi connectivity index (χ4v) is 3.97. The summed E-state index contributed by atoms with van der Waals surface area (Å²) in [5.74, 6) is -0.448. The lowest BCUT2D eigenvalue weighted by Crippen LogP contribution is -2.55. The molecule has 0 N–H and O–H groups in total. The standard InChI is InChI=1S/C18H23N3O4/c22-17(21-8-3-4-9-25-21)13-11-16-15(6-10-24-16)20(12-13)18(23)14-5-1-2-7-19-14/h1-2,5,7,13,15-16H,3-4,6,8-12H2/t13-,15+,16+/m0/s1. The molecule has 0 bridgehead atoms. The molecule has 0 saturated carbocycles. The summed E-state index contributed by atoms with van der Waals surface area (Å²) in [5, 5.41) is 1.48. The van der Waals surface area contributed by atoms with Gasteiger partial charge in [0.05, 0.1) is 24.7 Å². The van der Waals surface area contributed by atoms with Crippen LogP contribution in [-0.2, 0) is 14.4 Å². The van der Waals surface area contributed by atoms with Gasteiger partial charge in [-0.1, -0.05) is 6.07 Å². The Labute approximate surface area is 146 Å². The zero-order chi connectivity index (χ0) is 17.2. The number of amides is 2. The molecular formula is C18H23N3O4. The van der Waals surface area contributed by atoms with Crippen molar-refractivity contribution in [3.05, 3.63) is 30.1 Å². The van der Waals surface area contributed by atoms with Crippen LogP contribution in [0, 0.1) is 5.92 Å². The van der Waals surface area contributed by atoms with Crippen LogP contribution < -0.4 is 0 Å². The molecule has 134 valence electrons. The predicted octanol–water partition coefficient (Wildman–Crippen LogP) is 1.26. The van der Waals surface area contributed by atoms with Gasteiger partial charge in [-0.15, -0.1) is 0 Å². The van der Waals surface area contributed by atoms with Crippen LogP contribution in [0.25, 0.3) is 0 Å². The third-order valence-electron chi connectivity index (χ3n) is 5.25. The van der Waals surface area contributed by atoms with Gasteiger partial charge in [-0.25, -0.2) is 5.06 Å².